The molecule has 0 bridgehead atoms. The van der Waals surface area contributed by atoms with Crippen LogP contribution in [0.5, 0.6) is 0 Å². The van der Waals surface area contributed by atoms with E-state index in [1.807, 2.05) is 24.3 Å². The van der Waals surface area contributed by atoms with Gasteiger partial charge in [0.05, 0.1) is 6.61 Å². The lowest BCUT2D eigenvalue weighted by Gasteiger charge is -2.22. The van der Waals surface area contributed by atoms with Gasteiger partial charge >= 0.3 is 0 Å². The maximum absolute atomic E-state index is 5.83. The molecular formula is C14H20ClNO. The third kappa shape index (κ3) is 4.66. The molecule has 0 aromatic heterocycles. The summed E-state index contributed by atoms with van der Waals surface area (Å²) in [5, 5.41) is 4.21. The second-order valence-electron chi connectivity index (χ2n) is 4.68. The quantitative estimate of drug-likeness (QED) is 0.814. The number of benzene rings is 1. The molecule has 1 N–H and O–H groups in total. The van der Waals surface area contributed by atoms with Gasteiger partial charge in [0.1, 0.15) is 0 Å². The van der Waals surface area contributed by atoms with Gasteiger partial charge < -0.3 is 10.1 Å². The lowest BCUT2D eigenvalue weighted by Crippen LogP contribution is -2.30. The fraction of sp³-hybridized carbons (Fsp3) is 0.571. The number of ether oxygens (including phenoxy) is 1. The van der Waals surface area contributed by atoms with Gasteiger partial charge in [0.2, 0.25) is 0 Å². The molecule has 1 aliphatic rings. The van der Waals surface area contributed by atoms with Crippen molar-refractivity contribution in [3.63, 3.8) is 0 Å². The summed E-state index contributed by atoms with van der Waals surface area (Å²) in [4.78, 5) is 0. The first-order valence-electron chi connectivity index (χ1n) is 6.37. The molecule has 1 aliphatic heterocycles. The van der Waals surface area contributed by atoms with Gasteiger partial charge in [-0.25, -0.2) is 0 Å². The fourth-order valence-electron chi connectivity index (χ4n) is 2.19. The Morgan fingerprint density at radius 3 is 2.82 bits per heavy atom. The van der Waals surface area contributed by atoms with Gasteiger partial charge in [-0.3, -0.25) is 0 Å². The van der Waals surface area contributed by atoms with E-state index < -0.39 is 0 Å². The Morgan fingerprint density at radius 1 is 1.29 bits per heavy atom. The summed E-state index contributed by atoms with van der Waals surface area (Å²) in [7, 11) is 0. The zero-order valence-corrected chi connectivity index (χ0v) is 10.9. The zero-order chi connectivity index (χ0) is 11.9. The average Bonchev–Trinajstić information content (AvgIpc) is 2.38. The van der Waals surface area contributed by atoms with Crippen LogP contribution in [0.2, 0.25) is 5.02 Å². The molecule has 0 aliphatic carbocycles. The minimum Gasteiger partial charge on any atom is -0.377 e. The summed E-state index contributed by atoms with van der Waals surface area (Å²) in [5.74, 6) is 0.800. The topological polar surface area (TPSA) is 21.3 Å². The predicted octanol–water partition coefficient (Wildman–Crippen LogP) is 3.25. The van der Waals surface area contributed by atoms with Gasteiger partial charge in [-0.1, -0.05) is 23.7 Å². The molecule has 1 aromatic rings. The lowest BCUT2D eigenvalue weighted by atomic mass is 9.97. The first kappa shape index (κ1) is 12.9. The molecule has 1 atom stereocenters. The van der Waals surface area contributed by atoms with E-state index in [0.29, 0.717) is 6.61 Å². The molecule has 0 spiro atoms. The Hall–Kier alpha value is -0.570. The van der Waals surface area contributed by atoms with Crippen LogP contribution >= 0.6 is 11.6 Å². The van der Waals surface area contributed by atoms with E-state index in [1.165, 1.54) is 31.4 Å². The number of rotatable bonds is 5. The summed E-state index contributed by atoms with van der Waals surface area (Å²) < 4.78 is 5.69. The van der Waals surface area contributed by atoms with Gasteiger partial charge in [0.25, 0.3) is 0 Å². The van der Waals surface area contributed by atoms with Crippen LogP contribution in [0.25, 0.3) is 0 Å². The van der Waals surface area contributed by atoms with Crippen LogP contribution in [0.1, 0.15) is 24.8 Å². The van der Waals surface area contributed by atoms with Crippen molar-refractivity contribution >= 4 is 11.6 Å². The molecule has 17 heavy (non-hydrogen) atoms. The number of halogens is 1. The van der Waals surface area contributed by atoms with E-state index in [-0.39, 0.29) is 0 Å². The van der Waals surface area contributed by atoms with Crippen LogP contribution in [0, 0.1) is 5.92 Å². The van der Waals surface area contributed by atoms with Crippen molar-refractivity contribution in [1.82, 2.24) is 5.32 Å². The van der Waals surface area contributed by atoms with E-state index in [2.05, 4.69) is 5.32 Å². The van der Waals surface area contributed by atoms with E-state index in [0.717, 1.165) is 24.1 Å². The maximum Gasteiger partial charge on any atom is 0.0716 e. The van der Waals surface area contributed by atoms with Crippen molar-refractivity contribution in [1.29, 1.82) is 0 Å². The van der Waals surface area contributed by atoms with Crippen molar-refractivity contribution in [2.45, 2.75) is 25.9 Å². The highest BCUT2D eigenvalue weighted by Gasteiger charge is 2.12. The minimum atomic E-state index is 0.692. The highest BCUT2D eigenvalue weighted by atomic mass is 35.5. The first-order valence-corrected chi connectivity index (χ1v) is 6.75. The Bertz CT molecular complexity index is 319. The molecule has 1 aromatic carbocycles. The summed E-state index contributed by atoms with van der Waals surface area (Å²) in [6.45, 7) is 3.89. The van der Waals surface area contributed by atoms with Gasteiger partial charge in [-0.15, -0.1) is 0 Å². The summed E-state index contributed by atoms with van der Waals surface area (Å²) >= 11 is 5.83. The number of hydrogen-bond acceptors (Lipinski definition) is 2. The van der Waals surface area contributed by atoms with Crippen molar-refractivity contribution in [3.05, 3.63) is 34.9 Å². The standard InChI is InChI=1S/C14H20ClNO/c15-14-5-3-13(4-6-14)11-17-9-7-12-2-1-8-16-10-12/h3-6,12,16H,1-2,7-11H2. The van der Waals surface area contributed by atoms with Crippen LogP contribution in [0.3, 0.4) is 0 Å². The van der Waals surface area contributed by atoms with Crippen LogP contribution in [-0.2, 0) is 11.3 Å². The maximum atomic E-state index is 5.83. The number of nitrogens with one attached hydrogen (secondary N) is 1. The molecule has 1 saturated heterocycles. The second kappa shape index (κ2) is 7.00. The number of piperidine rings is 1. The van der Waals surface area contributed by atoms with Crippen molar-refractivity contribution in [3.8, 4) is 0 Å². The third-order valence-electron chi connectivity index (χ3n) is 3.25. The molecule has 3 heteroatoms. The van der Waals surface area contributed by atoms with Crippen LogP contribution in [0.4, 0.5) is 0 Å². The van der Waals surface area contributed by atoms with E-state index in [1.54, 1.807) is 0 Å². The fourth-order valence-corrected chi connectivity index (χ4v) is 2.32. The van der Waals surface area contributed by atoms with E-state index in [9.17, 15) is 0 Å². The van der Waals surface area contributed by atoms with Crippen LogP contribution in [-0.4, -0.2) is 19.7 Å². The Labute approximate surface area is 108 Å². The Kier molecular flexibility index (Phi) is 5.30. The molecule has 2 nitrogen and oxygen atoms in total. The van der Waals surface area contributed by atoms with Crippen LogP contribution < -0.4 is 5.32 Å². The predicted molar refractivity (Wildman–Crippen MR) is 71.3 cm³/mol. The third-order valence-corrected chi connectivity index (χ3v) is 3.50. The summed E-state index contributed by atoms with van der Waals surface area (Å²) in [6.07, 6.45) is 3.82. The average molecular weight is 254 g/mol. The molecular weight excluding hydrogens is 234 g/mol. The molecule has 2 rings (SSSR count). The molecule has 0 amide bonds. The van der Waals surface area contributed by atoms with E-state index >= 15 is 0 Å². The highest BCUT2D eigenvalue weighted by Crippen LogP contribution is 2.15. The largest absolute Gasteiger partial charge is 0.377 e. The van der Waals surface area contributed by atoms with Gasteiger partial charge in [0.15, 0.2) is 0 Å². The smallest absolute Gasteiger partial charge is 0.0716 e. The highest BCUT2D eigenvalue weighted by molar-refractivity contribution is 6.30. The first-order chi connectivity index (χ1) is 8.34. The van der Waals surface area contributed by atoms with Gasteiger partial charge in [-0.05, 0) is 56.0 Å². The Balaban J connectivity index is 1.60. The molecule has 0 radical (unpaired) electrons. The molecule has 1 fully saturated rings. The molecule has 0 saturated carbocycles. The van der Waals surface area contributed by atoms with Gasteiger partial charge in [0, 0.05) is 11.6 Å². The monoisotopic (exact) mass is 253 g/mol. The van der Waals surface area contributed by atoms with Crippen LogP contribution in [0.15, 0.2) is 24.3 Å². The van der Waals surface area contributed by atoms with E-state index in [4.69, 9.17) is 16.3 Å². The number of hydrogen-bond donors (Lipinski definition) is 1. The normalized spacial score (nSPS) is 20.4. The molecule has 94 valence electrons. The molecule has 1 unspecified atom stereocenters. The van der Waals surface area contributed by atoms with Gasteiger partial charge in [-0.2, -0.15) is 0 Å². The zero-order valence-electron chi connectivity index (χ0n) is 10.1. The van der Waals surface area contributed by atoms with Crippen molar-refractivity contribution in [2.24, 2.45) is 5.92 Å². The summed E-state index contributed by atoms with van der Waals surface area (Å²) in [6, 6.07) is 7.85. The summed E-state index contributed by atoms with van der Waals surface area (Å²) in [5.41, 5.74) is 1.19. The minimum absolute atomic E-state index is 0.692. The second-order valence-corrected chi connectivity index (χ2v) is 5.12. The lowest BCUT2D eigenvalue weighted by molar-refractivity contribution is 0.103. The Morgan fingerprint density at radius 2 is 2.12 bits per heavy atom. The SMILES string of the molecule is Clc1ccc(COCCC2CCCNC2)cc1. The van der Waals surface area contributed by atoms with Crippen molar-refractivity contribution in [2.75, 3.05) is 19.7 Å². The van der Waals surface area contributed by atoms with Crippen molar-refractivity contribution < 1.29 is 4.74 Å². The molecule has 1 heterocycles.